The predicted molar refractivity (Wildman–Crippen MR) is 80.2 cm³/mol. The summed E-state index contributed by atoms with van der Waals surface area (Å²) in [4.78, 5) is 1.49. The number of rotatable bonds is 6. The second kappa shape index (κ2) is 7.83. The van der Waals surface area contributed by atoms with Crippen LogP contribution in [-0.2, 0) is 6.42 Å². The summed E-state index contributed by atoms with van der Waals surface area (Å²) < 4.78 is 42.1. The number of piperidine rings is 1. The van der Waals surface area contributed by atoms with Gasteiger partial charge in [-0.1, -0.05) is 12.1 Å². The standard InChI is InChI=1S/C16H23F3N2O/c1-22-15-4-2-13(3-5-15)6-9-20-14-7-10-21(11-8-14)12-16(17,18)19/h2-5,14,20H,6-12H2,1H3. The van der Waals surface area contributed by atoms with Crippen LogP contribution in [0.15, 0.2) is 24.3 Å². The zero-order valence-electron chi connectivity index (χ0n) is 12.8. The Hall–Kier alpha value is -1.27. The lowest BCUT2D eigenvalue weighted by Gasteiger charge is -2.32. The van der Waals surface area contributed by atoms with E-state index in [1.165, 1.54) is 10.5 Å². The molecule has 0 saturated carbocycles. The normalized spacial score (nSPS) is 17.6. The van der Waals surface area contributed by atoms with Crippen molar-refractivity contribution in [2.24, 2.45) is 0 Å². The Kier molecular flexibility index (Phi) is 6.08. The largest absolute Gasteiger partial charge is 0.497 e. The van der Waals surface area contributed by atoms with Gasteiger partial charge in [0.25, 0.3) is 0 Å². The molecular formula is C16H23F3N2O. The van der Waals surface area contributed by atoms with E-state index in [1.54, 1.807) is 7.11 Å². The molecule has 0 aliphatic carbocycles. The van der Waals surface area contributed by atoms with Crippen LogP contribution in [-0.4, -0.2) is 50.4 Å². The average Bonchev–Trinajstić information content (AvgIpc) is 2.48. The molecule has 1 aromatic carbocycles. The molecule has 1 saturated heterocycles. The van der Waals surface area contributed by atoms with E-state index >= 15 is 0 Å². The molecule has 1 aliphatic rings. The summed E-state index contributed by atoms with van der Waals surface area (Å²) >= 11 is 0. The van der Waals surface area contributed by atoms with Crippen LogP contribution >= 0.6 is 0 Å². The van der Waals surface area contributed by atoms with Crippen molar-refractivity contribution in [3.8, 4) is 5.75 Å². The van der Waals surface area contributed by atoms with Crippen LogP contribution in [0, 0.1) is 0 Å². The number of nitrogens with zero attached hydrogens (tertiary/aromatic N) is 1. The third-order valence-electron chi connectivity index (χ3n) is 4.00. The average molecular weight is 316 g/mol. The number of nitrogens with one attached hydrogen (secondary N) is 1. The van der Waals surface area contributed by atoms with E-state index in [9.17, 15) is 13.2 Å². The Labute approximate surface area is 129 Å². The molecule has 1 aromatic rings. The van der Waals surface area contributed by atoms with Gasteiger partial charge in [-0.15, -0.1) is 0 Å². The zero-order chi connectivity index (χ0) is 16.0. The van der Waals surface area contributed by atoms with Crippen molar-refractivity contribution in [3.63, 3.8) is 0 Å². The molecule has 0 bridgehead atoms. The first kappa shape index (κ1) is 17.1. The molecule has 1 heterocycles. The van der Waals surface area contributed by atoms with Gasteiger partial charge >= 0.3 is 6.18 Å². The molecule has 1 fully saturated rings. The Morgan fingerprint density at radius 2 is 1.82 bits per heavy atom. The van der Waals surface area contributed by atoms with Crippen LogP contribution in [0.2, 0.25) is 0 Å². The van der Waals surface area contributed by atoms with E-state index in [0.717, 1.165) is 31.6 Å². The molecule has 1 aliphatic heterocycles. The van der Waals surface area contributed by atoms with Crippen LogP contribution in [0.1, 0.15) is 18.4 Å². The molecule has 124 valence electrons. The Morgan fingerprint density at radius 1 is 1.18 bits per heavy atom. The van der Waals surface area contributed by atoms with Gasteiger partial charge in [0.1, 0.15) is 5.75 Å². The summed E-state index contributed by atoms with van der Waals surface area (Å²) in [5, 5.41) is 3.44. The quantitative estimate of drug-likeness (QED) is 0.873. The van der Waals surface area contributed by atoms with E-state index in [2.05, 4.69) is 5.32 Å². The van der Waals surface area contributed by atoms with Gasteiger partial charge in [-0.25, -0.2) is 0 Å². The van der Waals surface area contributed by atoms with Gasteiger partial charge in [-0.05, 0) is 56.6 Å². The minimum atomic E-state index is -4.09. The van der Waals surface area contributed by atoms with Crippen LogP contribution in [0.25, 0.3) is 0 Å². The van der Waals surface area contributed by atoms with Crippen molar-refractivity contribution in [3.05, 3.63) is 29.8 Å². The highest BCUT2D eigenvalue weighted by molar-refractivity contribution is 5.27. The topological polar surface area (TPSA) is 24.5 Å². The van der Waals surface area contributed by atoms with Gasteiger partial charge in [0.15, 0.2) is 0 Å². The van der Waals surface area contributed by atoms with Gasteiger partial charge in [-0.3, -0.25) is 4.90 Å². The monoisotopic (exact) mass is 316 g/mol. The highest BCUT2D eigenvalue weighted by Crippen LogP contribution is 2.19. The second-order valence-electron chi connectivity index (χ2n) is 5.72. The highest BCUT2D eigenvalue weighted by Gasteiger charge is 2.32. The first-order chi connectivity index (χ1) is 10.5. The number of ether oxygens (including phenoxy) is 1. The second-order valence-corrected chi connectivity index (χ2v) is 5.72. The molecule has 22 heavy (non-hydrogen) atoms. The van der Waals surface area contributed by atoms with Gasteiger partial charge < -0.3 is 10.1 Å². The number of hydrogen-bond donors (Lipinski definition) is 1. The molecular weight excluding hydrogens is 293 g/mol. The fourth-order valence-electron chi connectivity index (χ4n) is 2.76. The molecule has 3 nitrogen and oxygen atoms in total. The van der Waals surface area contributed by atoms with E-state index in [1.807, 2.05) is 24.3 Å². The highest BCUT2D eigenvalue weighted by atomic mass is 19.4. The molecule has 2 rings (SSSR count). The SMILES string of the molecule is COc1ccc(CCNC2CCN(CC(F)(F)F)CC2)cc1. The smallest absolute Gasteiger partial charge is 0.401 e. The maximum Gasteiger partial charge on any atom is 0.401 e. The van der Waals surface area contributed by atoms with Crippen molar-refractivity contribution < 1.29 is 17.9 Å². The van der Waals surface area contributed by atoms with Crippen LogP contribution in [0.5, 0.6) is 5.75 Å². The first-order valence-corrected chi connectivity index (χ1v) is 7.62. The predicted octanol–water partition coefficient (Wildman–Crippen LogP) is 2.85. The van der Waals surface area contributed by atoms with Gasteiger partial charge in [0, 0.05) is 6.04 Å². The first-order valence-electron chi connectivity index (χ1n) is 7.62. The lowest BCUT2D eigenvalue weighted by molar-refractivity contribution is -0.148. The summed E-state index contributed by atoms with van der Waals surface area (Å²) in [5.41, 5.74) is 1.22. The van der Waals surface area contributed by atoms with Crippen LogP contribution in [0.4, 0.5) is 13.2 Å². The number of halogens is 3. The molecule has 0 unspecified atom stereocenters. The van der Waals surface area contributed by atoms with Crippen molar-refractivity contribution in [1.82, 2.24) is 10.2 Å². The minimum Gasteiger partial charge on any atom is -0.497 e. The summed E-state index contributed by atoms with van der Waals surface area (Å²) in [6.07, 6.45) is -1.63. The Bertz CT molecular complexity index is 440. The van der Waals surface area contributed by atoms with Gasteiger partial charge in [-0.2, -0.15) is 13.2 Å². The lowest BCUT2D eigenvalue weighted by Crippen LogP contribution is -2.45. The number of likely N-dealkylation sites (tertiary alicyclic amines) is 1. The number of benzene rings is 1. The molecule has 6 heteroatoms. The number of hydrogen-bond acceptors (Lipinski definition) is 3. The maximum atomic E-state index is 12.3. The fraction of sp³-hybridized carbons (Fsp3) is 0.625. The zero-order valence-corrected chi connectivity index (χ0v) is 12.8. The van der Waals surface area contributed by atoms with Crippen molar-refractivity contribution >= 4 is 0 Å². The molecule has 1 N–H and O–H groups in total. The lowest BCUT2D eigenvalue weighted by atomic mass is 10.0. The van der Waals surface area contributed by atoms with E-state index < -0.39 is 12.7 Å². The van der Waals surface area contributed by atoms with Crippen molar-refractivity contribution in [1.29, 1.82) is 0 Å². The summed E-state index contributed by atoms with van der Waals surface area (Å²) in [6.45, 7) is 1.08. The summed E-state index contributed by atoms with van der Waals surface area (Å²) in [7, 11) is 1.64. The summed E-state index contributed by atoms with van der Waals surface area (Å²) in [6, 6.07) is 8.26. The van der Waals surface area contributed by atoms with E-state index in [-0.39, 0.29) is 0 Å². The van der Waals surface area contributed by atoms with Gasteiger partial charge in [0.05, 0.1) is 13.7 Å². The molecule has 0 spiro atoms. The molecule has 0 aromatic heterocycles. The van der Waals surface area contributed by atoms with Crippen LogP contribution in [0.3, 0.4) is 0 Å². The summed E-state index contributed by atoms with van der Waals surface area (Å²) in [5.74, 6) is 0.841. The number of methoxy groups -OCH3 is 1. The van der Waals surface area contributed by atoms with Crippen molar-refractivity contribution in [2.45, 2.75) is 31.5 Å². The van der Waals surface area contributed by atoms with Crippen molar-refractivity contribution in [2.75, 3.05) is 33.3 Å². The molecule has 0 radical (unpaired) electrons. The van der Waals surface area contributed by atoms with Gasteiger partial charge in [0.2, 0.25) is 0 Å². The molecule has 0 atom stereocenters. The third kappa shape index (κ3) is 5.85. The Morgan fingerprint density at radius 3 is 2.36 bits per heavy atom. The molecule has 0 amide bonds. The number of alkyl halides is 3. The third-order valence-corrected chi connectivity index (χ3v) is 4.00. The van der Waals surface area contributed by atoms with E-state index in [0.29, 0.717) is 19.1 Å². The Balaban J connectivity index is 1.64. The fourth-order valence-corrected chi connectivity index (χ4v) is 2.76. The minimum absolute atomic E-state index is 0.322. The maximum absolute atomic E-state index is 12.3. The van der Waals surface area contributed by atoms with E-state index in [4.69, 9.17) is 4.74 Å². The van der Waals surface area contributed by atoms with Crippen LogP contribution < -0.4 is 10.1 Å².